The SMILES string of the molecule is CNC1CCC(C[N+]2(O)CCCCC2)C1. The van der Waals surface area contributed by atoms with Gasteiger partial charge in [0.15, 0.2) is 0 Å². The van der Waals surface area contributed by atoms with E-state index in [2.05, 4.69) is 12.4 Å². The quantitative estimate of drug-likeness (QED) is 0.700. The first-order valence-corrected chi connectivity index (χ1v) is 6.48. The minimum atomic E-state index is 0.362. The van der Waals surface area contributed by atoms with E-state index < -0.39 is 0 Å². The largest absolute Gasteiger partial charge is 0.317 e. The molecule has 1 heterocycles. The zero-order chi connectivity index (χ0) is 10.7. The van der Waals surface area contributed by atoms with Gasteiger partial charge in [-0.1, -0.05) is 0 Å². The molecule has 0 radical (unpaired) electrons. The molecule has 2 fully saturated rings. The molecule has 15 heavy (non-hydrogen) atoms. The smallest absolute Gasteiger partial charge is 0.112 e. The Bertz CT molecular complexity index is 202. The molecular formula is C12H25N2O+. The first-order valence-electron chi connectivity index (χ1n) is 6.48. The van der Waals surface area contributed by atoms with E-state index in [0.717, 1.165) is 25.6 Å². The highest BCUT2D eigenvalue weighted by molar-refractivity contribution is 4.79. The van der Waals surface area contributed by atoms with Gasteiger partial charge in [-0.2, -0.15) is 4.65 Å². The number of hydrogen-bond donors (Lipinski definition) is 2. The number of nitrogens with one attached hydrogen (secondary N) is 1. The number of quaternary nitrogens is 1. The van der Waals surface area contributed by atoms with Crippen LogP contribution in [-0.4, -0.2) is 42.6 Å². The van der Waals surface area contributed by atoms with Gasteiger partial charge in [0.05, 0.1) is 0 Å². The number of hydroxylamine groups is 3. The van der Waals surface area contributed by atoms with Crippen molar-refractivity contribution in [2.45, 2.75) is 44.6 Å². The average molecular weight is 213 g/mol. The maximum absolute atomic E-state index is 10.4. The summed E-state index contributed by atoms with van der Waals surface area (Å²) in [5.74, 6) is 0.741. The van der Waals surface area contributed by atoms with Crippen molar-refractivity contribution in [3.05, 3.63) is 0 Å². The number of nitrogens with zero attached hydrogens (tertiary/aromatic N) is 1. The van der Waals surface area contributed by atoms with Gasteiger partial charge in [-0.25, -0.2) is 5.21 Å². The number of rotatable bonds is 3. The normalized spacial score (nSPS) is 35.6. The Labute approximate surface area is 93.0 Å². The zero-order valence-electron chi connectivity index (χ0n) is 9.91. The highest BCUT2D eigenvalue weighted by atomic mass is 16.5. The van der Waals surface area contributed by atoms with Crippen LogP contribution in [0.3, 0.4) is 0 Å². The van der Waals surface area contributed by atoms with Gasteiger partial charge in [-0.05, 0) is 45.6 Å². The van der Waals surface area contributed by atoms with Gasteiger partial charge in [-0.3, -0.25) is 0 Å². The Morgan fingerprint density at radius 1 is 1.20 bits per heavy atom. The van der Waals surface area contributed by atoms with Crippen molar-refractivity contribution in [2.75, 3.05) is 26.7 Å². The van der Waals surface area contributed by atoms with Crippen molar-refractivity contribution < 1.29 is 9.85 Å². The number of likely N-dealkylation sites (tertiary alicyclic amines) is 1. The van der Waals surface area contributed by atoms with Crippen LogP contribution in [0.15, 0.2) is 0 Å². The van der Waals surface area contributed by atoms with Gasteiger partial charge in [0.2, 0.25) is 0 Å². The van der Waals surface area contributed by atoms with E-state index in [-0.39, 0.29) is 0 Å². The molecule has 0 spiro atoms. The Balaban J connectivity index is 1.80. The Morgan fingerprint density at radius 3 is 2.53 bits per heavy atom. The minimum absolute atomic E-state index is 0.362. The molecule has 2 rings (SSSR count). The lowest BCUT2D eigenvalue weighted by Gasteiger charge is -2.35. The van der Waals surface area contributed by atoms with Crippen LogP contribution >= 0.6 is 0 Å². The van der Waals surface area contributed by atoms with Crippen molar-refractivity contribution in [1.29, 1.82) is 0 Å². The Kier molecular flexibility index (Phi) is 3.65. The number of hydrogen-bond acceptors (Lipinski definition) is 2. The molecule has 2 aliphatic rings. The summed E-state index contributed by atoms with van der Waals surface area (Å²) in [5, 5.41) is 13.8. The second kappa shape index (κ2) is 4.81. The maximum Gasteiger partial charge on any atom is 0.112 e. The molecule has 0 aromatic heterocycles. The minimum Gasteiger partial charge on any atom is -0.317 e. The molecule has 0 amide bonds. The van der Waals surface area contributed by atoms with E-state index in [9.17, 15) is 5.21 Å². The molecule has 2 atom stereocenters. The highest BCUT2D eigenvalue weighted by Crippen LogP contribution is 2.29. The lowest BCUT2D eigenvalue weighted by Crippen LogP contribution is -2.51. The van der Waals surface area contributed by atoms with Crippen LogP contribution in [-0.2, 0) is 0 Å². The summed E-state index contributed by atoms with van der Waals surface area (Å²) in [7, 11) is 2.05. The van der Waals surface area contributed by atoms with Crippen molar-refractivity contribution in [3.63, 3.8) is 0 Å². The molecule has 0 aromatic rings. The average Bonchev–Trinajstić information content (AvgIpc) is 2.66. The molecule has 0 aromatic carbocycles. The Morgan fingerprint density at radius 2 is 1.93 bits per heavy atom. The maximum atomic E-state index is 10.4. The standard InChI is InChI=1S/C12H25N2O/c1-13-12-6-5-11(9-12)10-14(15)7-3-2-4-8-14/h11-13,15H,2-10H2,1H3/q+1. The lowest BCUT2D eigenvalue weighted by molar-refractivity contribution is -1.11. The molecule has 1 aliphatic carbocycles. The first-order chi connectivity index (χ1) is 7.22. The van der Waals surface area contributed by atoms with E-state index in [1.807, 2.05) is 0 Å². The van der Waals surface area contributed by atoms with Gasteiger partial charge in [0, 0.05) is 12.0 Å². The monoisotopic (exact) mass is 213 g/mol. The fourth-order valence-corrected chi connectivity index (χ4v) is 3.27. The summed E-state index contributed by atoms with van der Waals surface area (Å²) in [6.07, 6.45) is 7.58. The van der Waals surface area contributed by atoms with E-state index in [0.29, 0.717) is 10.7 Å². The summed E-state index contributed by atoms with van der Waals surface area (Å²) in [6.45, 7) is 2.97. The Hall–Kier alpha value is -0.120. The first kappa shape index (κ1) is 11.4. The summed E-state index contributed by atoms with van der Waals surface area (Å²) >= 11 is 0. The highest BCUT2D eigenvalue weighted by Gasteiger charge is 2.35. The van der Waals surface area contributed by atoms with Crippen molar-refractivity contribution in [2.24, 2.45) is 5.92 Å². The van der Waals surface area contributed by atoms with Gasteiger partial charge in [0.25, 0.3) is 0 Å². The van der Waals surface area contributed by atoms with Crippen LogP contribution in [0.2, 0.25) is 0 Å². The summed E-state index contributed by atoms with van der Waals surface area (Å²) in [6, 6.07) is 0.700. The van der Waals surface area contributed by atoms with Gasteiger partial charge >= 0.3 is 0 Å². The predicted octanol–water partition coefficient (Wildman–Crippen LogP) is 1.76. The van der Waals surface area contributed by atoms with Crippen LogP contribution in [0.4, 0.5) is 0 Å². The van der Waals surface area contributed by atoms with E-state index in [4.69, 9.17) is 0 Å². The van der Waals surface area contributed by atoms with Gasteiger partial charge in [-0.15, -0.1) is 0 Å². The van der Waals surface area contributed by atoms with Crippen LogP contribution in [0.25, 0.3) is 0 Å². The van der Waals surface area contributed by atoms with Crippen LogP contribution in [0, 0.1) is 5.92 Å². The summed E-state index contributed by atoms with van der Waals surface area (Å²) in [5.41, 5.74) is 0. The molecule has 2 N–H and O–H groups in total. The third-order valence-electron chi connectivity index (χ3n) is 4.20. The molecule has 2 unspecified atom stereocenters. The van der Waals surface area contributed by atoms with E-state index >= 15 is 0 Å². The molecule has 1 aliphatic heterocycles. The number of piperidine rings is 1. The zero-order valence-corrected chi connectivity index (χ0v) is 9.91. The molecule has 1 saturated heterocycles. The second-order valence-electron chi connectivity index (χ2n) is 5.45. The molecule has 3 heteroatoms. The van der Waals surface area contributed by atoms with Crippen molar-refractivity contribution in [3.8, 4) is 0 Å². The van der Waals surface area contributed by atoms with Crippen LogP contribution in [0.5, 0.6) is 0 Å². The topological polar surface area (TPSA) is 32.3 Å². The molecule has 88 valence electrons. The third kappa shape index (κ3) is 2.92. The molecular weight excluding hydrogens is 188 g/mol. The van der Waals surface area contributed by atoms with E-state index in [1.165, 1.54) is 38.5 Å². The molecule has 0 bridgehead atoms. The summed E-state index contributed by atoms with van der Waals surface area (Å²) < 4.78 is 0.362. The molecule has 3 nitrogen and oxygen atoms in total. The van der Waals surface area contributed by atoms with E-state index in [1.54, 1.807) is 0 Å². The fraction of sp³-hybridized carbons (Fsp3) is 1.00. The lowest BCUT2D eigenvalue weighted by atomic mass is 10.0. The fourth-order valence-electron chi connectivity index (χ4n) is 3.27. The van der Waals surface area contributed by atoms with Gasteiger partial charge in [0.1, 0.15) is 19.6 Å². The third-order valence-corrected chi connectivity index (χ3v) is 4.20. The predicted molar refractivity (Wildman–Crippen MR) is 60.7 cm³/mol. The van der Waals surface area contributed by atoms with Gasteiger partial charge < -0.3 is 5.32 Å². The van der Waals surface area contributed by atoms with Crippen molar-refractivity contribution in [1.82, 2.24) is 5.32 Å². The van der Waals surface area contributed by atoms with Crippen LogP contribution < -0.4 is 5.32 Å². The summed E-state index contributed by atoms with van der Waals surface area (Å²) in [4.78, 5) is 0. The van der Waals surface area contributed by atoms with Crippen molar-refractivity contribution >= 4 is 0 Å². The molecule has 1 saturated carbocycles. The van der Waals surface area contributed by atoms with Crippen LogP contribution in [0.1, 0.15) is 38.5 Å². The second-order valence-corrected chi connectivity index (χ2v) is 5.45.